The highest BCUT2D eigenvalue weighted by Gasteiger charge is 2.50. The zero-order valence-corrected chi connectivity index (χ0v) is 19.1. The predicted octanol–water partition coefficient (Wildman–Crippen LogP) is 5.86. The maximum absolute atomic E-state index is 13.3. The zero-order valence-electron chi connectivity index (χ0n) is 18.2. The van der Waals surface area contributed by atoms with Gasteiger partial charge >= 0.3 is 13.4 Å². The summed E-state index contributed by atoms with van der Waals surface area (Å²) >= 11 is 0. The SMILES string of the molecule is CC(OP(=O)(N1CC1)N1CC1)c1ccc([N+](=O)[O-])c(Oc2ccc(C3CCCC3)cc2)c1. The number of hydrogen-bond donors (Lipinski definition) is 0. The topological polar surface area (TPSA) is 84.7 Å². The summed E-state index contributed by atoms with van der Waals surface area (Å²) in [7, 11) is -3.00. The number of nitrogens with zero attached hydrogens (tertiary/aromatic N) is 3. The monoisotopic (exact) mass is 457 g/mol. The summed E-state index contributed by atoms with van der Waals surface area (Å²) in [6.07, 6.45) is 4.47. The molecule has 5 rings (SSSR count). The lowest BCUT2D eigenvalue weighted by Crippen LogP contribution is -2.10. The molecule has 3 aliphatic rings. The second-order valence-corrected chi connectivity index (χ2v) is 11.1. The molecule has 2 aliphatic heterocycles. The Morgan fingerprint density at radius 3 is 2.22 bits per heavy atom. The Hall–Kier alpha value is -2.25. The van der Waals surface area contributed by atoms with Gasteiger partial charge in [0.15, 0.2) is 0 Å². The van der Waals surface area contributed by atoms with Crippen LogP contribution in [0.5, 0.6) is 11.5 Å². The molecular formula is C23H28N3O5P. The van der Waals surface area contributed by atoms with Gasteiger partial charge in [-0.05, 0) is 61.1 Å². The number of rotatable bonds is 9. The highest BCUT2D eigenvalue weighted by atomic mass is 31.2. The smallest absolute Gasteiger partial charge is 0.346 e. The van der Waals surface area contributed by atoms with Crippen LogP contribution in [-0.2, 0) is 9.09 Å². The predicted molar refractivity (Wildman–Crippen MR) is 121 cm³/mol. The van der Waals surface area contributed by atoms with Gasteiger partial charge < -0.3 is 4.74 Å². The van der Waals surface area contributed by atoms with E-state index in [2.05, 4.69) is 12.1 Å². The first kappa shape index (κ1) is 21.6. The molecule has 1 unspecified atom stereocenters. The minimum atomic E-state index is -3.00. The lowest BCUT2D eigenvalue weighted by Gasteiger charge is -2.24. The minimum Gasteiger partial charge on any atom is -0.450 e. The number of ether oxygens (including phenoxy) is 1. The third-order valence-electron chi connectivity index (χ3n) is 6.44. The Kier molecular flexibility index (Phi) is 5.80. The van der Waals surface area contributed by atoms with Crippen molar-refractivity contribution in [3.8, 4) is 11.5 Å². The first-order valence-electron chi connectivity index (χ1n) is 11.3. The lowest BCUT2D eigenvalue weighted by atomic mass is 9.98. The molecule has 2 heterocycles. The molecule has 2 aromatic rings. The van der Waals surface area contributed by atoms with Gasteiger partial charge in [-0.2, -0.15) is 0 Å². The fourth-order valence-corrected chi connectivity index (χ4v) is 6.73. The first-order valence-corrected chi connectivity index (χ1v) is 12.8. The third kappa shape index (κ3) is 4.46. The molecule has 9 heteroatoms. The van der Waals surface area contributed by atoms with Crippen molar-refractivity contribution < 1.29 is 18.7 Å². The van der Waals surface area contributed by atoms with Gasteiger partial charge in [0.2, 0.25) is 5.75 Å². The number of benzene rings is 2. The van der Waals surface area contributed by atoms with Crippen LogP contribution < -0.4 is 4.74 Å². The van der Waals surface area contributed by atoms with E-state index in [1.54, 1.807) is 12.1 Å². The molecule has 0 bridgehead atoms. The van der Waals surface area contributed by atoms with Crippen LogP contribution in [0.25, 0.3) is 0 Å². The van der Waals surface area contributed by atoms with E-state index >= 15 is 0 Å². The Morgan fingerprint density at radius 1 is 1.03 bits per heavy atom. The van der Waals surface area contributed by atoms with E-state index in [1.165, 1.54) is 37.3 Å². The number of hydrogen-bond acceptors (Lipinski definition) is 5. The molecule has 1 aliphatic carbocycles. The maximum atomic E-state index is 13.3. The molecule has 0 amide bonds. The number of nitro benzene ring substituents is 1. The Balaban J connectivity index is 1.36. The highest BCUT2D eigenvalue weighted by molar-refractivity contribution is 7.54. The molecule has 0 N–H and O–H groups in total. The molecule has 3 fully saturated rings. The fourth-order valence-electron chi connectivity index (χ4n) is 4.38. The van der Waals surface area contributed by atoms with Crippen LogP contribution in [0.1, 0.15) is 55.8 Å². The van der Waals surface area contributed by atoms with Crippen LogP contribution in [0.15, 0.2) is 42.5 Å². The van der Waals surface area contributed by atoms with E-state index in [4.69, 9.17) is 9.26 Å². The van der Waals surface area contributed by atoms with E-state index in [1.807, 2.05) is 28.4 Å². The van der Waals surface area contributed by atoms with Crippen molar-refractivity contribution in [1.29, 1.82) is 0 Å². The summed E-state index contributed by atoms with van der Waals surface area (Å²) in [6, 6.07) is 12.6. The van der Waals surface area contributed by atoms with Crippen molar-refractivity contribution in [3.63, 3.8) is 0 Å². The summed E-state index contributed by atoms with van der Waals surface area (Å²) < 4.78 is 29.0. The molecule has 1 atom stereocenters. The quantitative estimate of drug-likeness (QED) is 0.202. The summed E-state index contributed by atoms with van der Waals surface area (Å²) in [5.41, 5.74) is 1.87. The molecular weight excluding hydrogens is 429 g/mol. The van der Waals surface area contributed by atoms with Crippen molar-refractivity contribution in [2.75, 3.05) is 26.2 Å². The average Bonchev–Trinajstić information content (AvgIpc) is 3.72. The van der Waals surface area contributed by atoms with Crippen molar-refractivity contribution in [2.24, 2.45) is 0 Å². The van der Waals surface area contributed by atoms with Gasteiger partial charge in [0.25, 0.3) is 0 Å². The standard InChI is InChI=1S/C23H28N3O5P/c1-17(31-32(29,24-12-13-24)25-14-15-25)20-8-11-22(26(27)28)23(16-20)30-21-9-6-19(7-10-21)18-4-2-3-5-18/h6-11,16-18H,2-5,12-15H2,1H3. The van der Waals surface area contributed by atoms with Crippen molar-refractivity contribution >= 4 is 13.4 Å². The van der Waals surface area contributed by atoms with Crippen LogP contribution >= 0.6 is 7.67 Å². The first-order chi connectivity index (χ1) is 15.4. The summed E-state index contributed by atoms with van der Waals surface area (Å²) in [5, 5.41) is 11.6. The van der Waals surface area contributed by atoms with Crippen molar-refractivity contribution in [2.45, 2.75) is 44.6 Å². The van der Waals surface area contributed by atoms with Crippen molar-refractivity contribution in [3.05, 3.63) is 63.7 Å². The van der Waals surface area contributed by atoms with E-state index in [0.29, 0.717) is 17.2 Å². The molecule has 170 valence electrons. The lowest BCUT2D eigenvalue weighted by molar-refractivity contribution is -0.385. The molecule has 2 aromatic carbocycles. The van der Waals surface area contributed by atoms with Gasteiger partial charge in [-0.1, -0.05) is 25.0 Å². The maximum Gasteiger partial charge on any atom is 0.346 e. The fraction of sp³-hybridized carbons (Fsp3) is 0.478. The molecule has 8 nitrogen and oxygen atoms in total. The van der Waals surface area contributed by atoms with Gasteiger partial charge in [-0.15, -0.1) is 0 Å². The van der Waals surface area contributed by atoms with E-state index in [0.717, 1.165) is 26.2 Å². The Morgan fingerprint density at radius 2 is 1.66 bits per heavy atom. The highest BCUT2D eigenvalue weighted by Crippen LogP contribution is 2.63. The Labute approximate surface area is 187 Å². The van der Waals surface area contributed by atoms with E-state index < -0.39 is 18.7 Å². The normalized spacial score (nSPS) is 20.3. The van der Waals surface area contributed by atoms with Gasteiger partial charge in [0, 0.05) is 32.2 Å². The van der Waals surface area contributed by atoms with Gasteiger partial charge in [-0.3, -0.25) is 19.2 Å². The molecule has 1 saturated carbocycles. The second-order valence-electron chi connectivity index (χ2n) is 8.78. The number of nitro groups is 1. The minimum absolute atomic E-state index is 0.110. The largest absolute Gasteiger partial charge is 0.450 e. The van der Waals surface area contributed by atoms with Crippen LogP contribution in [0.2, 0.25) is 0 Å². The summed E-state index contributed by atoms with van der Waals surface area (Å²) in [4.78, 5) is 11.1. The summed E-state index contributed by atoms with van der Waals surface area (Å²) in [5.74, 6) is 1.31. The van der Waals surface area contributed by atoms with Crippen LogP contribution in [0.4, 0.5) is 5.69 Å². The average molecular weight is 457 g/mol. The van der Waals surface area contributed by atoms with Crippen LogP contribution in [0.3, 0.4) is 0 Å². The van der Waals surface area contributed by atoms with Gasteiger partial charge in [0.1, 0.15) is 5.75 Å². The molecule has 0 radical (unpaired) electrons. The Bertz CT molecular complexity index is 1030. The molecule has 32 heavy (non-hydrogen) atoms. The van der Waals surface area contributed by atoms with Gasteiger partial charge in [0.05, 0.1) is 11.0 Å². The molecule has 2 saturated heterocycles. The third-order valence-corrected chi connectivity index (χ3v) is 9.26. The zero-order chi connectivity index (χ0) is 22.3. The van der Waals surface area contributed by atoms with E-state index in [9.17, 15) is 14.7 Å². The van der Waals surface area contributed by atoms with Crippen LogP contribution in [0, 0.1) is 10.1 Å². The molecule has 0 spiro atoms. The summed E-state index contributed by atoms with van der Waals surface area (Å²) in [6.45, 7) is 4.90. The van der Waals surface area contributed by atoms with Crippen LogP contribution in [-0.4, -0.2) is 40.4 Å². The van der Waals surface area contributed by atoms with Gasteiger partial charge in [-0.25, -0.2) is 9.34 Å². The molecule has 0 aromatic heterocycles. The van der Waals surface area contributed by atoms with Crippen molar-refractivity contribution in [1.82, 2.24) is 9.34 Å². The second kappa shape index (κ2) is 8.60. The van der Waals surface area contributed by atoms with E-state index in [-0.39, 0.29) is 11.4 Å².